The van der Waals surface area contributed by atoms with Gasteiger partial charge in [0, 0.05) is 17.6 Å². The second-order valence-electron chi connectivity index (χ2n) is 3.76. The van der Waals surface area contributed by atoms with E-state index in [1.165, 1.54) is 12.1 Å². The van der Waals surface area contributed by atoms with Gasteiger partial charge in [0.2, 0.25) is 0 Å². The fourth-order valence-corrected chi connectivity index (χ4v) is 2.19. The number of halogens is 6. The Morgan fingerprint density at radius 2 is 1.84 bits per heavy atom. The molecule has 0 fully saturated rings. The van der Waals surface area contributed by atoms with Crippen LogP contribution in [-0.4, -0.2) is 9.78 Å². The van der Waals surface area contributed by atoms with E-state index in [4.69, 9.17) is 23.2 Å². The summed E-state index contributed by atoms with van der Waals surface area (Å²) in [5.74, 6) is -0.791. The fourth-order valence-electron chi connectivity index (χ4n) is 1.66. The van der Waals surface area contributed by atoms with Crippen molar-refractivity contribution in [3.63, 3.8) is 0 Å². The number of rotatable bonds is 1. The van der Waals surface area contributed by atoms with Gasteiger partial charge in [-0.2, -0.15) is 18.3 Å². The van der Waals surface area contributed by atoms with Gasteiger partial charge in [-0.05, 0) is 18.2 Å². The Labute approximate surface area is 115 Å². The van der Waals surface area contributed by atoms with Gasteiger partial charge >= 0.3 is 6.18 Å². The third-order valence-electron chi connectivity index (χ3n) is 2.44. The Bertz CT molecular complexity index is 634. The second-order valence-corrected chi connectivity index (χ2v) is 4.57. The lowest BCUT2D eigenvalue weighted by Gasteiger charge is -2.06. The molecule has 19 heavy (non-hydrogen) atoms. The number of aryl methyl sites for hydroxylation is 1. The van der Waals surface area contributed by atoms with Gasteiger partial charge in [0.25, 0.3) is 0 Å². The number of benzene rings is 1. The molecule has 102 valence electrons. The summed E-state index contributed by atoms with van der Waals surface area (Å²) in [4.78, 5) is 0. The lowest BCUT2D eigenvalue weighted by Crippen LogP contribution is -2.12. The van der Waals surface area contributed by atoms with Crippen LogP contribution in [0.4, 0.5) is 17.6 Å². The van der Waals surface area contributed by atoms with E-state index < -0.39 is 22.7 Å². The van der Waals surface area contributed by atoms with Crippen LogP contribution in [0.1, 0.15) is 5.69 Å². The highest BCUT2D eigenvalue weighted by Crippen LogP contribution is 2.40. The van der Waals surface area contributed by atoms with Gasteiger partial charge in [-0.25, -0.2) is 4.39 Å². The van der Waals surface area contributed by atoms with Crippen LogP contribution in [-0.2, 0) is 13.2 Å². The maximum Gasteiger partial charge on any atom is 0.434 e. The van der Waals surface area contributed by atoms with Crippen molar-refractivity contribution in [2.75, 3.05) is 0 Å². The summed E-state index contributed by atoms with van der Waals surface area (Å²) < 4.78 is 52.5. The highest BCUT2D eigenvalue weighted by molar-refractivity contribution is 6.34. The maximum atomic E-state index is 13.7. The molecule has 1 heterocycles. The molecule has 0 atom stereocenters. The average molecular weight is 313 g/mol. The molecule has 0 saturated carbocycles. The Kier molecular flexibility index (Phi) is 3.49. The summed E-state index contributed by atoms with van der Waals surface area (Å²) in [6.07, 6.45) is -4.67. The molecule has 1 aromatic heterocycles. The largest absolute Gasteiger partial charge is 0.434 e. The quantitative estimate of drug-likeness (QED) is 0.706. The minimum absolute atomic E-state index is 0.129. The smallest absolute Gasteiger partial charge is 0.262 e. The van der Waals surface area contributed by atoms with Crippen molar-refractivity contribution in [1.29, 1.82) is 0 Å². The van der Waals surface area contributed by atoms with E-state index in [0.29, 0.717) is 4.68 Å². The maximum absolute atomic E-state index is 13.7. The normalized spacial score (nSPS) is 11.9. The monoisotopic (exact) mass is 312 g/mol. The van der Waals surface area contributed by atoms with Gasteiger partial charge in [-0.3, -0.25) is 4.68 Å². The molecule has 0 radical (unpaired) electrons. The second kappa shape index (κ2) is 4.68. The Morgan fingerprint density at radius 1 is 1.21 bits per heavy atom. The van der Waals surface area contributed by atoms with E-state index in [2.05, 4.69) is 5.10 Å². The van der Waals surface area contributed by atoms with Crippen molar-refractivity contribution in [2.24, 2.45) is 7.05 Å². The molecule has 0 aliphatic rings. The van der Waals surface area contributed by atoms with Crippen molar-refractivity contribution >= 4 is 23.2 Å². The first-order valence-corrected chi connectivity index (χ1v) is 5.72. The van der Waals surface area contributed by atoms with Crippen LogP contribution in [0.2, 0.25) is 10.0 Å². The highest BCUT2D eigenvalue weighted by Gasteiger charge is 2.39. The number of hydrogen-bond donors (Lipinski definition) is 0. The number of hydrogen-bond acceptors (Lipinski definition) is 1. The van der Waals surface area contributed by atoms with E-state index in [-0.39, 0.29) is 16.3 Å². The van der Waals surface area contributed by atoms with Gasteiger partial charge in [0.05, 0.1) is 5.02 Å². The van der Waals surface area contributed by atoms with Crippen molar-refractivity contribution in [3.8, 4) is 11.3 Å². The molecular weight excluding hydrogens is 307 g/mol. The average Bonchev–Trinajstić information content (AvgIpc) is 2.53. The predicted molar refractivity (Wildman–Crippen MR) is 63.6 cm³/mol. The van der Waals surface area contributed by atoms with Gasteiger partial charge in [0.1, 0.15) is 11.5 Å². The van der Waals surface area contributed by atoms with Crippen LogP contribution in [0.3, 0.4) is 0 Å². The summed E-state index contributed by atoms with van der Waals surface area (Å²) in [5.41, 5.74) is -1.54. The van der Waals surface area contributed by atoms with Crippen molar-refractivity contribution < 1.29 is 17.6 Å². The first-order valence-electron chi connectivity index (χ1n) is 4.97. The van der Waals surface area contributed by atoms with E-state index in [9.17, 15) is 17.6 Å². The fraction of sp³-hybridized carbons (Fsp3) is 0.182. The molecular formula is C11H6Cl2F4N2. The van der Waals surface area contributed by atoms with E-state index in [0.717, 1.165) is 13.1 Å². The van der Waals surface area contributed by atoms with Crippen LogP contribution >= 0.6 is 23.2 Å². The lowest BCUT2D eigenvalue weighted by atomic mass is 10.1. The zero-order valence-corrected chi connectivity index (χ0v) is 10.9. The first-order chi connectivity index (χ1) is 8.71. The number of aromatic nitrogens is 2. The molecule has 0 spiro atoms. The lowest BCUT2D eigenvalue weighted by molar-refractivity contribution is -0.143. The molecule has 0 bridgehead atoms. The van der Waals surface area contributed by atoms with E-state index in [1.54, 1.807) is 0 Å². The molecule has 1 aromatic carbocycles. The van der Waals surface area contributed by atoms with Crippen molar-refractivity contribution in [3.05, 3.63) is 39.8 Å². The van der Waals surface area contributed by atoms with Crippen LogP contribution in [0, 0.1) is 5.82 Å². The molecule has 0 unspecified atom stereocenters. The summed E-state index contributed by atoms with van der Waals surface area (Å²) in [7, 11) is 1.09. The van der Waals surface area contributed by atoms with Crippen LogP contribution in [0.25, 0.3) is 11.3 Å². The van der Waals surface area contributed by atoms with Gasteiger partial charge in [-0.1, -0.05) is 23.2 Å². The SMILES string of the molecule is Cn1nc(-c2ccc(Cl)cc2F)c(Cl)c1C(F)(F)F. The van der Waals surface area contributed by atoms with E-state index >= 15 is 0 Å². The van der Waals surface area contributed by atoms with Crippen LogP contribution in [0.5, 0.6) is 0 Å². The summed E-state index contributed by atoms with van der Waals surface area (Å²) >= 11 is 11.2. The molecule has 8 heteroatoms. The molecule has 0 aliphatic carbocycles. The highest BCUT2D eigenvalue weighted by atomic mass is 35.5. The summed E-state index contributed by atoms with van der Waals surface area (Å²) in [6.45, 7) is 0. The zero-order chi connectivity index (χ0) is 14.4. The molecule has 2 aromatic rings. The first kappa shape index (κ1) is 14.1. The molecule has 0 amide bonds. The summed E-state index contributed by atoms with van der Waals surface area (Å²) in [6, 6.07) is 3.55. The third-order valence-corrected chi connectivity index (χ3v) is 3.04. The minimum Gasteiger partial charge on any atom is -0.262 e. The van der Waals surface area contributed by atoms with E-state index in [1.807, 2.05) is 0 Å². The zero-order valence-electron chi connectivity index (χ0n) is 9.39. The predicted octanol–water partition coefficient (Wildman–Crippen LogP) is 4.55. The van der Waals surface area contributed by atoms with Crippen molar-refractivity contribution in [1.82, 2.24) is 9.78 Å². The van der Waals surface area contributed by atoms with Crippen LogP contribution in [0.15, 0.2) is 18.2 Å². The van der Waals surface area contributed by atoms with Gasteiger partial charge in [0.15, 0.2) is 5.69 Å². The van der Waals surface area contributed by atoms with Crippen molar-refractivity contribution in [2.45, 2.75) is 6.18 Å². The van der Waals surface area contributed by atoms with Gasteiger partial charge < -0.3 is 0 Å². The Hall–Kier alpha value is -1.27. The molecule has 0 N–H and O–H groups in total. The standard InChI is InChI=1S/C11H6Cl2F4N2/c1-19-10(11(15,16)17)8(13)9(18-19)6-3-2-5(12)4-7(6)14/h2-4H,1H3. The summed E-state index contributed by atoms with van der Waals surface area (Å²) in [5, 5.41) is 3.11. The number of alkyl halides is 3. The van der Waals surface area contributed by atoms with Crippen LogP contribution < -0.4 is 0 Å². The third kappa shape index (κ3) is 2.55. The molecule has 2 rings (SSSR count). The molecule has 2 nitrogen and oxygen atoms in total. The minimum atomic E-state index is -4.67. The molecule has 0 saturated heterocycles. The Morgan fingerprint density at radius 3 is 2.32 bits per heavy atom. The Balaban J connectivity index is 2.65. The number of nitrogens with zero attached hydrogens (tertiary/aromatic N) is 2. The molecule has 0 aliphatic heterocycles. The topological polar surface area (TPSA) is 17.8 Å². The van der Waals surface area contributed by atoms with Gasteiger partial charge in [-0.15, -0.1) is 0 Å².